The number of hydrogen-bond acceptors (Lipinski definition) is 5. The van der Waals surface area contributed by atoms with Crippen molar-refractivity contribution in [2.24, 2.45) is 5.92 Å². The van der Waals surface area contributed by atoms with Gasteiger partial charge in [-0.15, -0.1) is 0 Å². The number of ether oxygens (including phenoxy) is 1. The van der Waals surface area contributed by atoms with Crippen LogP contribution in [-0.2, 0) is 19.1 Å². The van der Waals surface area contributed by atoms with E-state index in [2.05, 4.69) is 15.4 Å². The first-order valence-corrected chi connectivity index (χ1v) is 5.82. The topological polar surface area (TPSA) is 105 Å². The molecular weight excluding hydrogens is 240 g/mol. The number of carbonyl (C=O) groups excluding carboxylic acids is 2. The summed E-state index contributed by atoms with van der Waals surface area (Å²) in [4.78, 5) is 33.5. The number of carbonyl (C=O) groups is 3. The molecule has 2 atom stereocenters. The van der Waals surface area contributed by atoms with Crippen LogP contribution in [0.4, 0.5) is 0 Å². The number of amides is 1. The van der Waals surface area contributed by atoms with Crippen LogP contribution >= 0.6 is 0 Å². The van der Waals surface area contributed by atoms with Gasteiger partial charge in [0.25, 0.3) is 0 Å². The zero-order chi connectivity index (χ0) is 13.5. The van der Waals surface area contributed by atoms with Crippen LogP contribution in [0.15, 0.2) is 0 Å². The van der Waals surface area contributed by atoms with Crippen molar-refractivity contribution < 1.29 is 24.2 Å². The Hall–Kier alpha value is -1.63. The molecule has 1 rings (SSSR count). The van der Waals surface area contributed by atoms with Crippen molar-refractivity contribution in [2.45, 2.75) is 25.3 Å². The Morgan fingerprint density at radius 2 is 2.22 bits per heavy atom. The van der Waals surface area contributed by atoms with Gasteiger partial charge >= 0.3 is 11.9 Å². The lowest BCUT2D eigenvalue weighted by Crippen LogP contribution is -2.43. The molecule has 1 unspecified atom stereocenters. The molecule has 0 radical (unpaired) electrons. The van der Waals surface area contributed by atoms with E-state index in [1.165, 1.54) is 7.11 Å². The molecule has 0 aliphatic carbocycles. The Morgan fingerprint density at radius 1 is 1.50 bits per heavy atom. The molecule has 1 heterocycles. The molecule has 1 saturated heterocycles. The SMILES string of the molecule is COC(=O)C[C@H](NC(=O)CC1CCNC1)C(=O)O. The van der Waals surface area contributed by atoms with E-state index in [0.29, 0.717) is 0 Å². The largest absolute Gasteiger partial charge is 0.480 e. The van der Waals surface area contributed by atoms with Gasteiger partial charge in [-0.1, -0.05) is 0 Å². The minimum Gasteiger partial charge on any atom is -0.480 e. The first kappa shape index (κ1) is 14.4. The van der Waals surface area contributed by atoms with Crippen LogP contribution in [0.25, 0.3) is 0 Å². The van der Waals surface area contributed by atoms with Crippen molar-refractivity contribution in [1.29, 1.82) is 0 Å². The molecule has 0 bridgehead atoms. The minimum atomic E-state index is -1.24. The van der Waals surface area contributed by atoms with Gasteiger partial charge in [-0.25, -0.2) is 4.79 Å². The monoisotopic (exact) mass is 258 g/mol. The fourth-order valence-corrected chi connectivity index (χ4v) is 1.85. The summed E-state index contributed by atoms with van der Waals surface area (Å²) >= 11 is 0. The summed E-state index contributed by atoms with van der Waals surface area (Å²) < 4.78 is 4.38. The molecule has 0 aromatic heterocycles. The standard InChI is InChI=1S/C11H18N2O5/c1-18-10(15)5-8(11(16)17)13-9(14)4-7-2-3-12-6-7/h7-8,12H,2-6H2,1H3,(H,13,14)(H,16,17)/t7?,8-/m0/s1. The summed E-state index contributed by atoms with van der Waals surface area (Å²) in [6.45, 7) is 1.64. The zero-order valence-electron chi connectivity index (χ0n) is 10.3. The van der Waals surface area contributed by atoms with E-state index in [-0.39, 0.29) is 24.7 Å². The Morgan fingerprint density at radius 3 is 2.72 bits per heavy atom. The van der Waals surface area contributed by atoms with Crippen LogP contribution in [0.1, 0.15) is 19.3 Å². The molecule has 3 N–H and O–H groups in total. The van der Waals surface area contributed by atoms with E-state index in [0.717, 1.165) is 19.5 Å². The van der Waals surface area contributed by atoms with Crippen molar-refractivity contribution in [3.8, 4) is 0 Å². The number of hydrogen-bond donors (Lipinski definition) is 3. The molecule has 18 heavy (non-hydrogen) atoms. The number of carboxylic acid groups (broad SMARTS) is 1. The molecule has 0 aromatic rings. The molecular formula is C11H18N2O5. The third-order valence-electron chi connectivity index (χ3n) is 2.87. The van der Waals surface area contributed by atoms with Gasteiger partial charge in [0.1, 0.15) is 6.04 Å². The molecule has 0 spiro atoms. The van der Waals surface area contributed by atoms with Gasteiger partial charge < -0.3 is 20.5 Å². The van der Waals surface area contributed by atoms with Gasteiger partial charge in [0, 0.05) is 6.42 Å². The van der Waals surface area contributed by atoms with Crippen molar-refractivity contribution in [2.75, 3.05) is 20.2 Å². The summed E-state index contributed by atoms with van der Waals surface area (Å²) in [6, 6.07) is -1.22. The molecule has 1 amide bonds. The molecule has 1 aliphatic heterocycles. The summed E-state index contributed by atoms with van der Waals surface area (Å²) in [5, 5.41) is 14.4. The van der Waals surface area contributed by atoms with Gasteiger partial charge in [0.2, 0.25) is 5.91 Å². The van der Waals surface area contributed by atoms with Crippen molar-refractivity contribution in [3.05, 3.63) is 0 Å². The third-order valence-corrected chi connectivity index (χ3v) is 2.87. The van der Waals surface area contributed by atoms with Gasteiger partial charge in [0.15, 0.2) is 0 Å². The lowest BCUT2D eigenvalue weighted by Gasteiger charge is -2.14. The predicted molar refractivity (Wildman–Crippen MR) is 61.8 cm³/mol. The Kier molecular flexibility index (Phi) is 5.57. The van der Waals surface area contributed by atoms with Crippen molar-refractivity contribution >= 4 is 17.8 Å². The van der Waals surface area contributed by atoms with Crippen LogP contribution in [0, 0.1) is 5.92 Å². The highest BCUT2D eigenvalue weighted by Gasteiger charge is 2.25. The van der Waals surface area contributed by atoms with E-state index in [9.17, 15) is 14.4 Å². The van der Waals surface area contributed by atoms with Crippen LogP contribution in [0.5, 0.6) is 0 Å². The predicted octanol–water partition coefficient (Wildman–Crippen LogP) is -0.881. The normalized spacial score (nSPS) is 20.2. The van der Waals surface area contributed by atoms with Crippen LogP contribution in [0.3, 0.4) is 0 Å². The maximum absolute atomic E-state index is 11.6. The molecule has 7 heteroatoms. The van der Waals surface area contributed by atoms with Crippen molar-refractivity contribution in [3.63, 3.8) is 0 Å². The quantitative estimate of drug-likeness (QED) is 0.534. The number of methoxy groups -OCH3 is 1. The number of esters is 1. The first-order chi connectivity index (χ1) is 8.52. The number of rotatable bonds is 6. The third kappa shape index (κ3) is 4.70. The highest BCUT2D eigenvalue weighted by atomic mass is 16.5. The van der Waals surface area contributed by atoms with Gasteiger partial charge in [-0.3, -0.25) is 9.59 Å². The Bertz CT molecular complexity index is 325. The van der Waals surface area contributed by atoms with E-state index in [1.807, 2.05) is 0 Å². The fourth-order valence-electron chi connectivity index (χ4n) is 1.85. The second-order valence-corrected chi connectivity index (χ2v) is 4.30. The summed E-state index contributed by atoms with van der Waals surface area (Å²) in [5.41, 5.74) is 0. The summed E-state index contributed by atoms with van der Waals surface area (Å²) in [7, 11) is 1.17. The number of aliphatic carboxylic acids is 1. The fraction of sp³-hybridized carbons (Fsp3) is 0.727. The second-order valence-electron chi connectivity index (χ2n) is 4.30. The van der Waals surface area contributed by atoms with E-state index >= 15 is 0 Å². The lowest BCUT2D eigenvalue weighted by molar-refractivity contribution is -0.148. The van der Waals surface area contributed by atoms with Gasteiger partial charge in [0.05, 0.1) is 13.5 Å². The van der Waals surface area contributed by atoms with Crippen LogP contribution in [-0.4, -0.2) is 49.2 Å². The maximum atomic E-state index is 11.6. The summed E-state index contributed by atoms with van der Waals surface area (Å²) in [6.07, 6.45) is 0.820. The zero-order valence-corrected chi connectivity index (χ0v) is 10.3. The van der Waals surface area contributed by atoms with Gasteiger partial charge in [-0.05, 0) is 25.4 Å². The smallest absolute Gasteiger partial charge is 0.326 e. The highest BCUT2D eigenvalue weighted by Crippen LogP contribution is 2.12. The first-order valence-electron chi connectivity index (χ1n) is 5.82. The highest BCUT2D eigenvalue weighted by molar-refractivity contribution is 5.87. The molecule has 0 aromatic carbocycles. The van der Waals surface area contributed by atoms with Gasteiger partial charge in [-0.2, -0.15) is 0 Å². The van der Waals surface area contributed by atoms with Crippen LogP contribution in [0.2, 0.25) is 0 Å². The van der Waals surface area contributed by atoms with Crippen LogP contribution < -0.4 is 10.6 Å². The van der Waals surface area contributed by atoms with Crippen molar-refractivity contribution in [1.82, 2.24) is 10.6 Å². The Balaban J connectivity index is 2.41. The molecule has 102 valence electrons. The van der Waals surface area contributed by atoms with E-state index < -0.39 is 18.0 Å². The summed E-state index contributed by atoms with van der Waals surface area (Å²) in [5.74, 6) is -2.01. The molecule has 7 nitrogen and oxygen atoms in total. The average Bonchev–Trinajstić information content (AvgIpc) is 2.80. The Labute approximate surface area is 105 Å². The minimum absolute atomic E-state index is 0.234. The van der Waals surface area contributed by atoms with E-state index in [4.69, 9.17) is 5.11 Å². The molecule has 1 aliphatic rings. The number of carboxylic acids is 1. The number of nitrogens with one attached hydrogen (secondary N) is 2. The second kappa shape index (κ2) is 6.95. The molecule has 0 saturated carbocycles. The molecule has 1 fully saturated rings. The van der Waals surface area contributed by atoms with E-state index in [1.54, 1.807) is 0 Å². The lowest BCUT2D eigenvalue weighted by atomic mass is 10.0. The maximum Gasteiger partial charge on any atom is 0.326 e. The average molecular weight is 258 g/mol.